The number of hydrogen-bond acceptors (Lipinski definition) is 5. The molecule has 6 nitrogen and oxygen atoms in total. The first kappa shape index (κ1) is 18.2. The van der Waals surface area contributed by atoms with Crippen LogP contribution in [-0.2, 0) is 0 Å². The van der Waals surface area contributed by atoms with Gasteiger partial charge in [-0.05, 0) is 42.8 Å². The third-order valence-electron chi connectivity index (χ3n) is 4.79. The largest absolute Gasteiger partial charge is 0.296 e. The lowest BCUT2D eigenvalue weighted by Crippen LogP contribution is -2.26. The van der Waals surface area contributed by atoms with Crippen LogP contribution in [-0.4, -0.2) is 20.7 Å². The van der Waals surface area contributed by atoms with Gasteiger partial charge in [0.15, 0.2) is 10.8 Å². The maximum atomic E-state index is 13.1. The molecule has 0 saturated heterocycles. The molecule has 1 amide bonds. The number of rotatable bonds is 3. The lowest BCUT2D eigenvalue weighted by atomic mass is 10.1. The number of amides is 1. The minimum absolute atomic E-state index is 0.171. The summed E-state index contributed by atoms with van der Waals surface area (Å²) in [5, 5.41) is 8.68. The van der Waals surface area contributed by atoms with E-state index >= 15 is 0 Å². The summed E-state index contributed by atoms with van der Waals surface area (Å²) >= 11 is 1.40. The fourth-order valence-electron chi connectivity index (χ4n) is 3.34. The molecule has 0 fully saturated rings. The highest BCUT2D eigenvalue weighted by Crippen LogP contribution is 2.27. The van der Waals surface area contributed by atoms with Crippen molar-refractivity contribution in [3.05, 3.63) is 94.4 Å². The van der Waals surface area contributed by atoms with Crippen LogP contribution in [0.25, 0.3) is 26.7 Å². The van der Waals surface area contributed by atoms with Crippen molar-refractivity contribution in [2.24, 2.45) is 0 Å². The molecule has 0 aliphatic rings. The number of carbonyl (C=O) groups is 1. The predicted octanol–water partition coefficient (Wildman–Crippen LogP) is 4.56. The third kappa shape index (κ3) is 3.15. The Kier molecular flexibility index (Phi) is 4.37. The quantitative estimate of drug-likeness (QED) is 0.471. The molecule has 0 unspecified atom stereocenters. The van der Waals surface area contributed by atoms with E-state index in [0.717, 1.165) is 15.8 Å². The van der Waals surface area contributed by atoms with Crippen molar-refractivity contribution in [1.82, 2.24) is 14.8 Å². The van der Waals surface area contributed by atoms with Gasteiger partial charge in [-0.2, -0.15) is 9.78 Å². The third-order valence-corrected chi connectivity index (χ3v) is 5.72. The summed E-state index contributed by atoms with van der Waals surface area (Å²) in [4.78, 5) is 30.6. The molecule has 0 spiro atoms. The van der Waals surface area contributed by atoms with Crippen LogP contribution in [0.5, 0.6) is 0 Å². The SMILES string of the molecule is Cc1ccc2nc(NC(=O)c3nn(-c4ccccc4)c(=O)c4ccccc34)sc2c1. The van der Waals surface area contributed by atoms with Crippen molar-refractivity contribution in [1.29, 1.82) is 0 Å². The number of para-hydroxylation sites is 1. The molecule has 5 rings (SSSR count). The van der Waals surface area contributed by atoms with Gasteiger partial charge in [0.25, 0.3) is 11.5 Å². The molecule has 30 heavy (non-hydrogen) atoms. The summed E-state index contributed by atoms with van der Waals surface area (Å²) in [7, 11) is 0. The second kappa shape index (κ2) is 7.20. The van der Waals surface area contributed by atoms with E-state index in [2.05, 4.69) is 15.4 Å². The summed E-state index contributed by atoms with van der Waals surface area (Å²) in [6, 6.07) is 22.0. The van der Waals surface area contributed by atoms with E-state index in [1.165, 1.54) is 16.0 Å². The van der Waals surface area contributed by atoms with E-state index in [1.807, 2.05) is 43.3 Å². The van der Waals surface area contributed by atoms with Gasteiger partial charge in [-0.15, -0.1) is 0 Å². The van der Waals surface area contributed by atoms with E-state index in [-0.39, 0.29) is 11.3 Å². The van der Waals surface area contributed by atoms with Crippen molar-refractivity contribution in [2.45, 2.75) is 6.92 Å². The van der Waals surface area contributed by atoms with Crippen LogP contribution in [0.15, 0.2) is 77.6 Å². The first-order valence-electron chi connectivity index (χ1n) is 9.36. The molecule has 0 aliphatic carbocycles. The fourth-order valence-corrected chi connectivity index (χ4v) is 4.30. The van der Waals surface area contributed by atoms with Gasteiger partial charge in [0.05, 0.1) is 21.3 Å². The molecular weight excluding hydrogens is 396 g/mol. The lowest BCUT2D eigenvalue weighted by molar-refractivity contribution is 0.102. The number of fused-ring (bicyclic) bond motifs is 2. The van der Waals surface area contributed by atoms with Crippen LogP contribution in [0.1, 0.15) is 16.1 Å². The number of anilines is 1. The summed E-state index contributed by atoms with van der Waals surface area (Å²) in [6.07, 6.45) is 0. The molecule has 2 heterocycles. The minimum atomic E-state index is -0.411. The zero-order valence-electron chi connectivity index (χ0n) is 16.0. The van der Waals surface area contributed by atoms with Crippen LogP contribution in [0.3, 0.4) is 0 Å². The number of aryl methyl sites for hydroxylation is 1. The average molecular weight is 412 g/mol. The second-order valence-electron chi connectivity index (χ2n) is 6.89. The number of hydrogen-bond donors (Lipinski definition) is 1. The van der Waals surface area contributed by atoms with E-state index in [4.69, 9.17) is 0 Å². The van der Waals surface area contributed by atoms with Gasteiger partial charge in [-0.3, -0.25) is 14.9 Å². The molecule has 0 saturated carbocycles. The molecule has 0 aliphatic heterocycles. The predicted molar refractivity (Wildman–Crippen MR) is 120 cm³/mol. The number of thiazole rings is 1. The van der Waals surface area contributed by atoms with Crippen molar-refractivity contribution >= 4 is 43.4 Å². The Morgan fingerprint density at radius 3 is 2.50 bits per heavy atom. The molecule has 1 N–H and O–H groups in total. The molecule has 146 valence electrons. The maximum Gasteiger partial charge on any atom is 0.279 e. The minimum Gasteiger partial charge on any atom is -0.296 e. The Bertz CT molecular complexity index is 1470. The monoisotopic (exact) mass is 412 g/mol. The topological polar surface area (TPSA) is 76.9 Å². The molecule has 2 aromatic heterocycles. The zero-order chi connectivity index (χ0) is 20.7. The molecule has 0 radical (unpaired) electrons. The van der Waals surface area contributed by atoms with Crippen LogP contribution in [0.2, 0.25) is 0 Å². The van der Waals surface area contributed by atoms with E-state index < -0.39 is 5.91 Å². The highest BCUT2D eigenvalue weighted by molar-refractivity contribution is 7.22. The standard InChI is InChI=1S/C23H16N4O2S/c1-14-11-12-18-19(13-14)30-23(24-18)25-21(28)20-16-9-5-6-10-17(16)22(29)27(26-20)15-7-3-2-4-8-15/h2-13H,1H3,(H,24,25,28). The Labute approximate surface area is 175 Å². The molecule has 0 atom stereocenters. The summed E-state index contributed by atoms with van der Waals surface area (Å²) in [5.41, 5.74) is 2.45. The number of carbonyl (C=O) groups excluding carboxylic acids is 1. The Hall–Kier alpha value is -3.84. The Balaban J connectivity index is 1.62. The van der Waals surface area contributed by atoms with Crippen LogP contribution in [0, 0.1) is 6.92 Å². The molecule has 7 heteroatoms. The summed E-state index contributed by atoms with van der Waals surface area (Å²) in [6.45, 7) is 2.01. The number of benzene rings is 3. The van der Waals surface area contributed by atoms with Crippen molar-refractivity contribution < 1.29 is 4.79 Å². The van der Waals surface area contributed by atoms with Gasteiger partial charge in [0.2, 0.25) is 0 Å². The van der Waals surface area contributed by atoms with E-state index in [1.54, 1.807) is 36.4 Å². The lowest BCUT2D eigenvalue weighted by Gasteiger charge is -2.10. The van der Waals surface area contributed by atoms with Crippen molar-refractivity contribution in [3.63, 3.8) is 0 Å². The van der Waals surface area contributed by atoms with Gasteiger partial charge in [-0.1, -0.05) is 53.8 Å². The summed E-state index contributed by atoms with van der Waals surface area (Å²) < 4.78 is 2.26. The molecule has 0 bridgehead atoms. The number of nitrogens with zero attached hydrogens (tertiary/aromatic N) is 3. The van der Waals surface area contributed by atoms with Crippen molar-refractivity contribution in [2.75, 3.05) is 5.32 Å². The van der Waals surface area contributed by atoms with Crippen LogP contribution in [0.4, 0.5) is 5.13 Å². The van der Waals surface area contributed by atoms with Gasteiger partial charge in [0.1, 0.15) is 0 Å². The Morgan fingerprint density at radius 1 is 0.967 bits per heavy atom. The fraction of sp³-hybridized carbons (Fsp3) is 0.0435. The van der Waals surface area contributed by atoms with Crippen LogP contribution >= 0.6 is 11.3 Å². The van der Waals surface area contributed by atoms with E-state index in [9.17, 15) is 9.59 Å². The summed E-state index contributed by atoms with van der Waals surface area (Å²) in [5.74, 6) is -0.411. The zero-order valence-corrected chi connectivity index (χ0v) is 16.8. The highest BCUT2D eigenvalue weighted by atomic mass is 32.1. The van der Waals surface area contributed by atoms with Gasteiger partial charge < -0.3 is 0 Å². The molecule has 5 aromatic rings. The molecule has 3 aromatic carbocycles. The normalized spacial score (nSPS) is 11.1. The van der Waals surface area contributed by atoms with E-state index in [0.29, 0.717) is 21.6 Å². The smallest absolute Gasteiger partial charge is 0.279 e. The van der Waals surface area contributed by atoms with Crippen LogP contribution < -0.4 is 10.9 Å². The van der Waals surface area contributed by atoms with Gasteiger partial charge in [0, 0.05) is 5.39 Å². The number of aromatic nitrogens is 3. The first-order chi connectivity index (χ1) is 14.6. The Morgan fingerprint density at radius 2 is 1.70 bits per heavy atom. The van der Waals surface area contributed by atoms with Gasteiger partial charge >= 0.3 is 0 Å². The second-order valence-corrected chi connectivity index (χ2v) is 7.92. The highest BCUT2D eigenvalue weighted by Gasteiger charge is 2.19. The average Bonchev–Trinajstić information content (AvgIpc) is 3.16. The maximum absolute atomic E-state index is 13.1. The first-order valence-corrected chi connectivity index (χ1v) is 10.2. The van der Waals surface area contributed by atoms with Gasteiger partial charge in [-0.25, -0.2) is 4.98 Å². The molecular formula is C23H16N4O2S. The van der Waals surface area contributed by atoms with Crippen molar-refractivity contribution in [3.8, 4) is 5.69 Å². The number of nitrogens with one attached hydrogen (secondary N) is 1.